The molecule has 0 aliphatic rings. The van der Waals surface area contributed by atoms with Crippen molar-refractivity contribution in [3.8, 4) is 11.5 Å². The Morgan fingerprint density at radius 2 is 1.81 bits per heavy atom. The van der Waals surface area contributed by atoms with Crippen LogP contribution in [0.25, 0.3) is 0 Å². The second-order valence-electron chi connectivity index (χ2n) is 4.86. The van der Waals surface area contributed by atoms with Gasteiger partial charge in [0, 0.05) is 5.69 Å². The Bertz CT molecular complexity index is 598. The van der Waals surface area contributed by atoms with Crippen molar-refractivity contribution in [3.63, 3.8) is 0 Å². The normalized spacial score (nSPS) is 11.8. The average molecular weight is 287 g/mol. The first-order valence-electron chi connectivity index (χ1n) is 6.84. The summed E-state index contributed by atoms with van der Waals surface area (Å²) in [5.41, 5.74) is 3.09. The molecule has 2 rings (SSSR count). The van der Waals surface area contributed by atoms with Crippen LogP contribution in [0.5, 0.6) is 11.5 Å². The summed E-state index contributed by atoms with van der Waals surface area (Å²) in [5.74, 6) is 1.33. The van der Waals surface area contributed by atoms with Crippen LogP contribution in [0, 0.1) is 6.92 Å². The lowest BCUT2D eigenvalue weighted by atomic mass is 10.1. The van der Waals surface area contributed by atoms with Gasteiger partial charge in [0.05, 0.1) is 26.9 Å². The van der Waals surface area contributed by atoms with Crippen molar-refractivity contribution < 1.29 is 14.6 Å². The van der Waals surface area contributed by atoms with Crippen LogP contribution in [-0.2, 0) is 0 Å². The summed E-state index contributed by atoms with van der Waals surface area (Å²) in [6.07, 6.45) is 0. The third-order valence-electron chi connectivity index (χ3n) is 3.35. The Morgan fingerprint density at radius 1 is 1.05 bits per heavy atom. The number of anilines is 1. The van der Waals surface area contributed by atoms with Gasteiger partial charge < -0.3 is 19.9 Å². The molecule has 0 aromatic heterocycles. The molecule has 1 atom stereocenters. The van der Waals surface area contributed by atoms with E-state index in [-0.39, 0.29) is 12.6 Å². The number of ether oxygens (including phenoxy) is 2. The second-order valence-corrected chi connectivity index (χ2v) is 4.86. The standard InChI is InChI=1S/C17H21NO3/c1-12-5-4-6-14(9-12)18-15(11-19)13-7-8-16(20-2)17(10-13)21-3/h4-10,15,18-19H,11H2,1-3H3. The third-order valence-corrected chi connectivity index (χ3v) is 3.35. The lowest BCUT2D eigenvalue weighted by Gasteiger charge is -2.19. The molecule has 21 heavy (non-hydrogen) atoms. The summed E-state index contributed by atoms with van der Waals surface area (Å²) in [5, 5.41) is 13.0. The van der Waals surface area contributed by atoms with E-state index in [1.54, 1.807) is 14.2 Å². The number of benzene rings is 2. The highest BCUT2D eigenvalue weighted by Crippen LogP contribution is 2.31. The molecule has 0 fully saturated rings. The van der Waals surface area contributed by atoms with Gasteiger partial charge in [-0.05, 0) is 42.3 Å². The molecule has 0 spiro atoms. The summed E-state index contributed by atoms with van der Waals surface area (Å²) in [6.45, 7) is 2.03. The molecule has 0 radical (unpaired) electrons. The maximum atomic E-state index is 9.67. The number of rotatable bonds is 6. The monoisotopic (exact) mass is 287 g/mol. The van der Waals surface area contributed by atoms with Crippen molar-refractivity contribution in [2.45, 2.75) is 13.0 Å². The Kier molecular flexibility index (Phi) is 5.06. The van der Waals surface area contributed by atoms with Crippen LogP contribution in [0.15, 0.2) is 42.5 Å². The van der Waals surface area contributed by atoms with Gasteiger partial charge >= 0.3 is 0 Å². The van der Waals surface area contributed by atoms with Crippen LogP contribution >= 0.6 is 0 Å². The van der Waals surface area contributed by atoms with Crippen molar-refractivity contribution in [2.24, 2.45) is 0 Å². The smallest absolute Gasteiger partial charge is 0.161 e. The summed E-state index contributed by atoms with van der Waals surface area (Å²) in [4.78, 5) is 0. The number of aliphatic hydroxyl groups excluding tert-OH is 1. The van der Waals surface area contributed by atoms with Gasteiger partial charge in [0.1, 0.15) is 0 Å². The number of aryl methyl sites for hydroxylation is 1. The van der Waals surface area contributed by atoms with Crippen LogP contribution in [0.4, 0.5) is 5.69 Å². The van der Waals surface area contributed by atoms with E-state index in [1.807, 2.05) is 49.4 Å². The van der Waals surface area contributed by atoms with E-state index in [0.29, 0.717) is 11.5 Å². The molecule has 0 saturated carbocycles. The first kappa shape index (κ1) is 15.2. The zero-order valence-corrected chi connectivity index (χ0v) is 12.6. The summed E-state index contributed by atoms with van der Waals surface area (Å²) in [6, 6.07) is 13.5. The van der Waals surface area contributed by atoms with Gasteiger partial charge in [-0.1, -0.05) is 18.2 Å². The highest BCUT2D eigenvalue weighted by atomic mass is 16.5. The van der Waals surface area contributed by atoms with Crippen LogP contribution in [0.2, 0.25) is 0 Å². The van der Waals surface area contributed by atoms with Crippen molar-refractivity contribution in [3.05, 3.63) is 53.6 Å². The second kappa shape index (κ2) is 6.99. The van der Waals surface area contributed by atoms with Gasteiger partial charge in [-0.25, -0.2) is 0 Å². The maximum Gasteiger partial charge on any atom is 0.161 e. The molecule has 112 valence electrons. The Hall–Kier alpha value is -2.20. The van der Waals surface area contributed by atoms with Gasteiger partial charge in [-0.3, -0.25) is 0 Å². The Morgan fingerprint density at radius 3 is 2.43 bits per heavy atom. The average Bonchev–Trinajstić information content (AvgIpc) is 2.52. The fourth-order valence-corrected chi connectivity index (χ4v) is 2.24. The highest BCUT2D eigenvalue weighted by molar-refractivity contribution is 5.50. The molecule has 0 amide bonds. The van der Waals surface area contributed by atoms with Gasteiger partial charge in [0.25, 0.3) is 0 Å². The van der Waals surface area contributed by atoms with E-state index in [0.717, 1.165) is 11.3 Å². The molecular weight excluding hydrogens is 266 g/mol. The van der Waals surface area contributed by atoms with Crippen molar-refractivity contribution >= 4 is 5.69 Å². The number of methoxy groups -OCH3 is 2. The zero-order valence-electron chi connectivity index (χ0n) is 12.6. The van der Waals surface area contributed by atoms with Gasteiger partial charge in [0.15, 0.2) is 11.5 Å². The number of hydrogen-bond acceptors (Lipinski definition) is 4. The molecule has 0 heterocycles. The minimum Gasteiger partial charge on any atom is -0.493 e. The Balaban J connectivity index is 2.25. The van der Waals surface area contributed by atoms with Gasteiger partial charge in [-0.15, -0.1) is 0 Å². The van der Waals surface area contributed by atoms with Crippen LogP contribution in [0.1, 0.15) is 17.2 Å². The molecule has 0 aliphatic heterocycles. The highest BCUT2D eigenvalue weighted by Gasteiger charge is 2.13. The predicted molar refractivity (Wildman–Crippen MR) is 84.2 cm³/mol. The number of aliphatic hydroxyl groups is 1. The lowest BCUT2D eigenvalue weighted by Crippen LogP contribution is -2.15. The molecule has 4 nitrogen and oxygen atoms in total. The van der Waals surface area contributed by atoms with Crippen molar-refractivity contribution in [2.75, 3.05) is 26.1 Å². The fraction of sp³-hybridized carbons (Fsp3) is 0.294. The largest absolute Gasteiger partial charge is 0.493 e. The maximum absolute atomic E-state index is 9.67. The fourth-order valence-electron chi connectivity index (χ4n) is 2.24. The molecule has 4 heteroatoms. The minimum atomic E-state index is -0.202. The lowest BCUT2D eigenvalue weighted by molar-refractivity contribution is 0.275. The van der Waals surface area contributed by atoms with E-state index in [2.05, 4.69) is 5.32 Å². The van der Waals surface area contributed by atoms with E-state index in [1.165, 1.54) is 5.56 Å². The SMILES string of the molecule is COc1ccc(C(CO)Nc2cccc(C)c2)cc1OC. The van der Waals surface area contributed by atoms with Crippen LogP contribution < -0.4 is 14.8 Å². The molecule has 2 aromatic carbocycles. The van der Waals surface area contributed by atoms with Gasteiger partial charge in [-0.2, -0.15) is 0 Å². The molecule has 2 aromatic rings. The van der Waals surface area contributed by atoms with Gasteiger partial charge in [0.2, 0.25) is 0 Å². The molecule has 0 bridgehead atoms. The van der Waals surface area contributed by atoms with E-state index in [9.17, 15) is 5.11 Å². The Labute approximate surface area is 125 Å². The van der Waals surface area contributed by atoms with E-state index < -0.39 is 0 Å². The predicted octanol–water partition coefficient (Wildman–Crippen LogP) is 3.16. The number of nitrogens with one attached hydrogen (secondary N) is 1. The molecular formula is C17H21NO3. The van der Waals surface area contributed by atoms with E-state index >= 15 is 0 Å². The van der Waals surface area contributed by atoms with Crippen LogP contribution in [0.3, 0.4) is 0 Å². The minimum absolute atomic E-state index is 0.0105. The zero-order chi connectivity index (χ0) is 15.2. The van der Waals surface area contributed by atoms with Crippen molar-refractivity contribution in [1.29, 1.82) is 0 Å². The van der Waals surface area contributed by atoms with E-state index in [4.69, 9.17) is 9.47 Å². The summed E-state index contributed by atoms with van der Waals surface area (Å²) >= 11 is 0. The van der Waals surface area contributed by atoms with Crippen LogP contribution in [-0.4, -0.2) is 25.9 Å². The molecule has 2 N–H and O–H groups in total. The number of hydrogen-bond donors (Lipinski definition) is 2. The molecule has 1 unspecified atom stereocenters. The first-order chi connectivity index (χ1) is 10.2. The molecule has 0 aliphatic carbocycles. The third kappa shape index (κ3) is 3.67. The topological polar surface area (TPSA) is 50.7 Å². The summed E-state index contributed by atoms with van der Waals surface area (Å²) in [7, 11) is 3.20. The summed E-state index contributed by atoms with van der Waals surface area (Å²) < 4.78 is 10.5. The quantitative estimate of drug-likeness (QED) is 0.857. The van der Waals surface area contributed by atoms with Crippen molar-refractivity contribution in [1.82, 2.24) is 0 Å². The molecule has 0 saturated heterocycles. The first-order valence-corrected chi connectivity index (χ1v) is 6.84.